The van der Waals surface area contributed by atoms with Gasteiger partial charge in [0.2, 0.25) is 5.52 Å². The molecule has 2 rings (SSSR count). The minimum Gasteiger partial charge on any atom is -0.615 e. The third kappa shape index (κ3) is 2.71. The van der Waals surface area contributed by atoms with E-state index in [9.17, 15) is 33.3 Å². The summed E-state index contributed by atoms with van der Waals surface area (Å²) in [5.74, 6) is 4.74. The number of nitrogens with one attached hydrogen (secondary N) is 1. The Hall–Kier alpha value is -2.67. The number of nitro benzene ring substituents is 1. The summed E-state index contributed by atoms with van der Waals surface area (Å²) < 4.78 is 42.1. The van der Waals surface area contributed by atoms with Crippen molar-refractivity contribution in [1.82, 2.24) is 5.43 Å². The van der Waals surface area contributed by atoms with Crippen molar-refractivity contribution < 1.29 is 32.4 Å². The van der Waals surface area contributed by atoms with Gasteiger partial charge in [-0.25, -0.2) is 10.6 Å². The lowest BCUT2D eigenvalue weighted by Crippen LogP contribution is -2.36. The fourth-order valence-corrected chi connectivity index (χ4v) is 2.51. The van der Waals surface area contributed by atoms with E-state index < -0.39 is 39.2 Å². The van der Waals surface area contributed by atoms with Crippen LogP contribution in [0.1, 0.15) is 5.56 Å². The normalized spacial score (nSPS) is 11.5. The van der Waals surface area contributed by atoms with Crippen LogP contribution in [0.15, 0.2) is 12.1 Å². The smallest absolute Gasteiger partial charge is 0.452 e. The van der Waals surface area contributed by atoms with Crippen molar-refractivity contribution >= 4 is 33.3 Å². The van der Waals surface area contributed by atoms with E-state index in [2.05, 4.69) is 4.74 Å². The van der Waals surface area contributed by atoms with Crippen molar-refractivity contribution in [3.05, 3.63) is 33.0 Å². The number of nitro groups is 1. The number of amides is 1. The van der Waals surface area contributed by atoms with Crippen molar-refractivity contribution in [3.8, 4) is 5.19 Å². The summed E-state index contributed by atoms with van der Waals surface area (Å²) in [4.78, 5) is 20.8. The molecule has 22 heavy (non-hydrogen) atoms. The molecule has 0 saturated heterocycles. The zero-order valence-corrected chi connectivity index (χ0v) is 11.0. The minimum absolute atomic E-state index is 0.155. The number of carbonyl (C=O) groups excluding carboxylic acids is 1. The third-order valence-corrected chi connectivity index (χ3v) is 3.49. The zero-order chi connectivity index (χ0) is 16.7. The van der Waals surface area contributed by atoms with Gasteiger partial charge >= 0.3 is 17.5 Å². The molecule has 1 aromatic carbocycles. The molecule has 0 aliphatic carbocycles. The van der Waals surface area contributed by atoms with E-state index >= 15 is 0 Å². The summed E-state index contributed by atoms with van der Waals surface area (Å²) in [7, 11) is 0. The maximum Gasteiger partial charge on any atom is 0.452 e. The van der Waals surface area contributed by atoms with E-state index in [1.165, 1.54) is 5.43 Å². The number of nitrogens with zero attached hydrogens (tertiary/aromatic N) is 2. The second-order valence-corrected chi connectivity index (χ2v) is 4.76. The largest absolute Gasteiger partial charge is 0.615 e. The topological polar surface area (TPSA) is 134 Å². The molecule has 0 unspecified atom stereocenters. The number of aromatic nitrogens is 1. The Labute approximate surface area is 122 Å². The van der Waals surface area contributed by atoms with Crippen LogP contribution in [0.5, 0.6) is 5.19 Å². The van der Waals surface area contributed by atoms with E-state index in [0.29, 0.717) is 23.5 Å². The van der Waals surface area contributed by atoms with Crippen LogP contribution in [0.25, 0.3) is 10.2 Å². The van der Waals surface area contributed by atoms with Crippen LogP contribution < -0.4 is 20.7 Å². The van der Waals surface area contributed by atoms with E-state index in [0.717, 1.165) is 0 Å². The zero-order valence-electron chi connectivity index (χ0n) is 10.2. The minimum atomic E-state index is -4.89. The molecule has 0 bridgehead atoms. The fraction of sp³-hybridized carbons (Fsp3) is 0.111. The predicted octanol–water partition coefficient (Wildman–Crippen LogP) is 1.42. The van der Waals surface area contributed by atoms with Gasteiger partial charge in [-0.05, 0) is 11.3 Å². The number of non-ortho nitro benzene ring substituents is 1. The van der Waals surface area contributed by atoms with Crippen LogP contribution in [0.4, 0.5) is 23.7 Å². The van der Waals surface area contributed by atoms with Gasteiger partial charge in [-0.2, -0.15) is 13.2 Å². The van der Waals surface area contributed by atoms with Crippen molar-refractivity contribution in [2.24, 2.45) is 5.84 Å². The Morgan fingerprint density at radius 3 is 2.59 bits per heavy atom. The van der Waals surface area contributed by atoms with Crippen molar-refractivity contribution in [2.75, 3.05) is 0 Å². The number of fused-ring (bicyclic) bond motifs is 1. The van der Waals surface area contributed by atoms with Gasteiger partial charge in [0.25, 0.3) is 5.69 Å². The number of hydrogen-bond donors (Lipinski definition) is 2. The lowest BCUT2D eigenvalue weighted by atomic mass is 10.2. The number of nitrogens with two attached hydrogens (primary N) is 1. The van der Waals surface area contributed by atoms with E-state index in [1.54, 1.807) is 0 Å². The first-order valence-corrected chi connectivity index (χ1v) is 6.07. The third-order valence-electron chi connectivity index (χ3n) is 2.45. The second-order valence-electron chi connectivity index (χ2n) is 3.79. The van der Waals surface area contributed by atoms with Crippen LogP contribution >= 0.6 is 11.3 Å². The first kappa shape index (κ1) is 15.7. The van der Waals surface area contributed by atoms with Gasteiger partial charge in [0, 0.05) is 12.1 Å². The number of rotatable bonds is 2. The molecular weight excluding hydrogens is 333 g/mol. The molecule has 0 aliphatic rings. The van der Waals surface area contributed by atoms with Crippen LogP contribution in [-0.2, 0) is 6.18 Å². The van der Waals surface area contributed by atoms with Crippen LogP contribution in [-0.4, -0.2) is 11.0 Å². The molecule has 0 atom stereocenters. The maximum atomic E-state index is 12.7. The van der Waals surface area contributed by atoms with Crippen LogP contribution in [0, 0.1) is 15.3 Å². The Morgan fingerprint density at radius 2 is 2.09 bits per heavy atom. The lowest BCUT2D eigenvalue weighted by Gasteiger charge is -2.05. The van der Waals surface area contributed by atoms with Crippen LogP contribution in [0.3, 0.4) is 0 Å². The molecular formula is C9H5F3N4O5S. The van der Waals surface area contributed by atoms with E-state index in [-0.39, 0.29) is 9.43 Å². The van der Waals surface area contributed by atoms with E-state index in [1.807, 2.05) is 0 Å². The Balaban J connectivity index is 2.72. The molecule has 1 aromatic heterocycles. The highest BCUT2D eigenvalue weighted by molar-refractivity contribution is 7.20. The molecule has 2 aromatic rings. The highest BCUT2D eigenvalue weighted by Crippen LogP contribution is 2.39. The van der Waals surface area contributed by atoms with Gasteiger partial charge in [-0.15, -0.1) is 4.73 Å². The average molecular weight is 338 g/mol. The second kappa shape index (κ2) is 5.27. The highest BCUT2D eigenvalue weighted by Gasteiger charge is 2.37. The number of hydrogen-bond acceptors (Lipinski definition) is 7. The van der Waals surface area contributed by atoms with Gasteiger partial charge < -0.3 is 9.94 Å². The summed E-state index contributed by atoms with van der Waals surface area (Å²) in [6.45, 7) is 0. The fourth-order valence-electron chi connectivity index (χ4n) is 1.55. The SMILES string of the molecule is NNC(=O)Oc1sc2c([N+](=O)[O-])cc(C(F)(F)F)cc2[n+]1[O-]. The van der Waals surface area contributed by atoms with Gasteiger partial charge in [0.1, 0.15) is 0 Å². The average Bonchev–Trinajstić information content (AvgIpc) is 2.73. The Kier molecular flexibility index (Phi) is 3.76. The number of thiazole rings is 1. The van der Waals surface area contributed by atoms with Crippen molar-refractivity contribution in [2.45, 2.75) is 6.18 Å². The molecule has 118 valence electrons. The number of benzene rings is 1. The summed E-state index contributed by atoms with van der Waals surface area (Å²) in [5.41, 5.74) is -1.41. The Bertz CT molecular complexity index is 775. The summed E-state index contributed by atoms with van der Waals surface area (Å²) in [5, 5.41) is 22.0. The first-order valence-electron chi connectivity index (χ1n) is 5.25. The molecule has 1 amide bonds. The first-order chi connectivity index (χ1) is 10.1. The van der Waals surface area contributed by atoms with Crippen molar-refractivity contribution in [3.63, 3.8) is 0 Å². The molecule has 0 saturated carbocycles. The van der Waals surface area contributed by atoms with Crippen molar-refractivity contribution in [1.29, 1.82) is 0 Å². The highest BCUT2D eigenvalue weighted by atomic mass is 32.1. The quantitative estimate of drug-likeness (QED) is 0.212. The molecule has 0 fully saturated rings. The number of halogens is 3. The summed E-state index contributed by atoms with van der Waals surface area (Å²) >= 11 is 0.345. The molecule has 1 heterocycles. The Morgan fingerprint density at radius 1 is 1.45 bits per heavy atom. The summed E-state index contributed by atoms with van der Waals surface area (Å²) in [6, 6.07) is 0.727. The van der Waals surface area contributed by atoms with Gasteiger partial charge in [0.05, 0.1) is 10.5 Å². The molecule has 3 N–H and O–H groups in total. The van der Waals surface area contributed by atoms with Gasteiger partial charge in [-0.1, -0.05) is 0 Å². The lowest BCUT2D eigenvalue weighted by molar-refractivity contribution is -0.577. The number of carbonyl (C=O) groups is 1. The molecule has 0 aliphatic heterocycles. The molecule has 0 radical (unpaired) electrons. The maximum absolute atomic E-state index is 12.7. The number of alkyl halides is 3. The monoisotopic (exact) mass is 338 g/mol. The molecule has 0 spiro atoms. The van der Waals surface area contributed by atoms with Gasteiger partial charge in [-0.3, -0.25) is 15.5 Å². The van der Waals surface area contributed by atoms with Gasteiger partial charge in [0.15, 0.2) is 4.70 Å². The number of ether oxygens (including phenoxy) is 1. The van der Waals surface area contributed by atoms with Crippen LogP contribution in [0.2, 0.25) is 0 Å². The molecule has 13 heteroatoms. The summed E-state index contributed by atoms with van der Waals surface area (Å²) in [6.07, 6.45) is -6.14. The molecule has 9 nitrogen and oxygen atoms in total. The standard InChI is InChI=1S/C9H5F3N4O5S/c10-9(11,12)3-1-4-6(5(2-3)16(19)20)22-8(15(4)18)21-7(17)14-13/h1-2H,13H2,(H,14,17). The predicted molar refractivity (Wildman–Crippen MR) is 65.8 cm³/mol. The van der Waals surface area contributed by atoms with E-state index in [4.69, 9.17) is 5.84 Å². The number of hydrazine groups is 1.